The zero-order valence-corrected chi connectivity index (χ0v) is 16.2. The molecule has 1 aliphatic rings. The summed E-state index contributed by atoms with van der Waals surface area (Å²) in [6.45, 7) is 7.02. The second-order valence-corrected chi connectivity index (χ2v) is 6.85. The molecule has 1 N–H and O–H groups in total. The number of benzene rings is 2. The molecular weight excluding hydrogens is 342 g/mol. The van der Waals surface area contributed by atoms with Gasteiger partial charge in [-0.05, 0) is 44.0 Å². The molecule has 0 radical (unpaired) electrons. The fourth-order valence-corrected chi connectivity index (χ4v) is 3.54. The highest BCUT2D eigenvalue weighted by atomic mass is 16.5. The Bertz CT molecular complexity index is 856. The molecule has 3 rings (SSSR count). The number of aryl methyl sites for hydroxylation is 3. The molecule has 0 aliphatic carbocycles. The van der Waals surface area contributed by atoms with Gasteiger partial charge in [-0.1, -0.05) is 29.8 Å². The van der Waals surface area contributed by atoms with E-state index in [2.05, 4.69) is 5.32 Å². The van der Waals surface area contributed by atoms with Gasteiger partial charge in [0.15, 0.2) is 0 Å². The van der Waals surface area contributed by atoms with Crippen LogP contribution in [0.3, 0.4) is 0 Å². The van der Waals surface area contributed by atoms with Crippen molar-refractivity contribution < 1.29 is 14.3 Å². The molecule has 0 spiro atoms. The van der Waals surface area contributed by atoms with Crippen LogP contribution in [0.5, 0.6) is 5.75 Å². The van der Waals surface area contributed by atoms with E-state index >= 15 is 0 Å². The van der Waals surface area contributed by atoms with Crippen molar-refractivity contribution in [3.8, 4) is 5.75 Å². The summed E-state index contributed by atoms with van der Waals surface area (Å²) in [5.41, 5.74) is 4.73. The van der Waals surface area contributed by atoms with Gasteiger partial charge in [-0.3, -0.25) is 9.69 Å². The van der Waals surface area contributed by atoms with Crippen molar-refractivity contribution in [3.05, 3.63) is 53.1 Å². The number of methoxy groups -OCH3 is 1. The van der Waals surface area contributed by atoms with Gasteiger partial charge in [-0.25, -0.2) is 4.79 Å². The maximum absolute atomic E-state index is 12.8. The SMILES string of the molecule is COc1ccccc1N1CCN(CC(=O)Nc2c(C)cc(C)cc2C)C1=O. The molecule has 2 aromatic carbocycles. The summed E-state index contributed by atoms with van der Waals surface area (Å²) < 4.78 is 5.35. The van der Waals surface area contributed by atoms with Crippen molar-refractivity contribution in [1.82, 2.24) is 4.90 Å². The Morgan fingerprint density at radius 1 is 1.11 bits per heavy atom. The van der Waals surface area contributed by atoms with E-state index < -0.39 is 0 Å². The lowest BCUT2D eigenvalue weighted by atomic mass is 10.1. The highest BCUT2D eigenvalue weighted by Gasteiger charge is 2.32. The average molecular weight is 367 g/mol. The summed E-state index contributed by atoms with van der Waals surface area (Å²) in [4.78, 5) is 28.5. The number of hydrogen-bond acceptors (Lipinski definition) is 3. The largest absolute Gasteiger partial charge is 0.495 e. The third-order valence-corrected chi connectivity index (χ3v) is 4.75. The lowest BCUT2D eigenvalue weighted by Crippen LogP contribution is -2.37. The van der Waals surface area contributed by atoms with Crippen LogP contribution in [0.1, 0.15) is 16.7 Å². The topological polar surface area (TPSA) is 61.9 Å². The Morgan fingerprint density at radius 3 is 2.44 bits per heavy atom. The maximum Gasteiger partial charge on any atom is 0.325 e. The number of rotatable bonds is 5. The van der Waals surface area contributed by atoms with E-state index in [9.17, 15) is 9.59 Å². The van der Waals surface area contributed by atoms with Crippen LogP contribution in [-0.2, 0) is 4.79 Å². The molecule has 0 atom stereocenters. The first-order valence-corrected chi connectivity index (χ1v) is 8.98. The van der Waals surface area contributed by atoms with Crippen molar-refractivity contribution >= 4 is 23.3 Å². The van der Waals surface area contributed by atoms with Crippen LogP contribution in [0.25, 0.3) is 0 Å². The number of hydrogen-bond donors (Lipinski definition) is 1. The average Bonchev–Trinajstić information content (AvgIpc) is 2.98. The molecule has 6 heteroatoms. The van der Waals surface area contributed by atoms with E-state index in [1.807, 2.05) is 57.2 Å². The summed E-state index contributed by atoms with van der Waals surface area (Å²) >= 11 is 0. The van der Waals surface area contributed by atoms with Crippen molar-refractivity contribution in [2.24, 2.45) is 0 Å². The van der Waals surface area contributed by atoms with Crippen molar-refractivity contribution in [1.29, 1.82) is 0 Å². The third kappa shape index (κ3) is 3.89. The first kappa shape index (κ1) is 18.8. The summed E-state index contributed by atoms with van der Waals surface area (Å²) in [7, 11) is 1.58. The van der Waals surface area contributed by atoms with Gasteiger partial charge in [0.25, 0.3) is 0 Å². The lowest BCUT2D eigenvalue weighted by Gasteiger charge is -2.20. The number of carbonyl (C=O) groups excluding carboxylic acids is 2. The Balaban J connectivity index is 1.69. The van der Waals surface area contributed by atoms with Gasteiger partial charge >= 0.3 is 6.03 Å². The molecule has 1 fully saturated rings. The van der Waals surface area contributed by atoms with Gasteiger partial charge in [0.05, 0.1) is 12.8 Å². The molecule has 0 bridgehead atoms. The molecule has 142 valence electrons. The van der Waals surface area contributed by atoms with Crippen LogP contribution >= 0.6 is 0 Å². The van der Waals surface area contributed by atoms with Gasteiger partial charge in [0.2, 0.25) is 5.91 Å². The summed E-state index contributed by atoms with van der Waals surface area (Å²) in [6.07, 6.45) is 0. The number of anilines is 2. The molecule has 1 aliphatic heterocycles. The molecule has 2 aromatic rings. The molecule has 6 nitrogen and oxygen atoms in total. The fourth-order valence-electron chi connectivity index (χ4n) is 3.54. The van der Waals surface area contributed by atoms with Crippen molar-refractivity contribution in [3.63, 3.8) is 0 Å². The number of carbonyl (C=O) groups is 2. The Hall–Kier alpha value is -3.02. The van der Waals surface area contributed by atoms with Crippen molar-refractivity contribution in [2.45, 2.75) is 20.8 Å². The van der Waals surface area contributed by atoms with Crippen LogP contribution in [0.2, 0.25) is 0 Å². The first-order chi connectivity index (χ1) is 12.9. The number of nitrogens with zero attached hydrogens (tertiary/aromatic N) is 2. The third-order valence-electron chi connectivity index (χ3n) is 4.75. The quantitative estimate of drug-likeness (QED) is 0.880. The van der Waals surface area contributed by atoms with Gasteiger partial charge < -0.3 is 15.0 Å². The Morgan fingerprint density at radius 2 is 1.78 bits per heavy atom. The fraction of sp³-hybridized carbons (Fsp3) is 0.333. The van der Waals surface area contributed by atoms with Gasteiger partial charge in [0, 0.05) is 18.8 Å². The highest BCUT2D eigenvalue weighted by Crippen LogP contribution is 2.30. The lowest BCUT2D eigenvalue weighted by molar-refractivity contribution is -0.116. The Kier molecular flexibility index (Phi) is 5.35. The standard InChI is InChI=1S/C21H25N3O3/c1-14-11-15(2)20(16(3)12-14)22-19(25)13-23-9-10-24(21(23)26)17-7-5-6-8-18(17)27-4/h5-8,11-12H,9-10,13H2,1-4H3,(H,22,25). The van der Waals surface area contributed by atoms with Crippen LogP contribution < -0.4 is 15.0 Å². The molecule has 0 saturated carbocycles. The first-order valence-electron chi connectivity index (χ1n) is 8.98. The molecule has 1 heterocycles. The van der Waals surface area contributed by atoms with E-state index in [-0.39, 0.29) is 18.5 Å². The Labute approximate surface area is 159 Å². The number of amides is 3. The van der Waals surface area contributed by atoms with Gasteiger partial charge in [-0.2, -0.15) is 0 Å². The van der Waals surface area contributed by atoms with Crippen molar-refractivity contribution in [2.75, 3.05) is 37.0 Å². The van der Waals surface area contributed by atoms with Gasteiger partial charge in [0.1, 0.15) is 12.3 Å². The number of nitrogens with one attached hydrogen (secondary N) is 1. The highest BCUT2D eigenvalue weighted by molar-refractivity contribution is 6.00. The second-order valence-electron chi connectivity index (χ2n) is 6.85. The molecule has 27 heavy (non-hydrogen) atoms. The van der Waals surface area contributed by atoms with Crippen LogP contribution in [0.4, 0.5) is 16.2 Å². The zero-order valence-electron chi connectivity index (χ0n) is 16.2. The minimum absolute atomic E-state index is 0.0250. The minimum atomic E-state index is -0.194. The smallest absolute Gasteiger partial charge is 0.325 e. The number of ether oxygens (including phenoxy) is 1. The van der Waals surface area contributed by atoms with E-state index in [1.165, 1.54) is 0 Å². The zero-order chi connectivity index (χ0) is 19.6. The minimum Gasteiger partial charge on any atom is -0.495 e. The predicted molar refractivity (Wildman–Crippen MR) is 107 cm³/mol. The van der Waals surface area contributed by atoms with Crippen LogP contribution in [-0.4, -0.2) is 43.6 Å². The summed E-state index contributed by atoms with van der Waals surface area (Å²) in [5.74, 6) is 0.448. The summed E-state index contributed by atoms with van der Waals surface area (Å²) in [6, 6.07) is 11.3. The molecule has 0 unspecified atom stereocenters. The van der Waals surface area contributed by atoms with Gasteiger partial charge in [-0.15, -0.1) is 0 Å². The monoisotopic (exact) mass is 367 g/mol. The van der Waals surface area contributed by atoms with E-state index in [1.54, 1.807) is 16.9 Å². The predicted octanol–water partition coefficient (Wildman–Crippen LogP) is 3.50. The van der Waals surface area contributed by atoms with E-state index in [0.29, 0.717) is 18.8 Å². The van der Waals surface area contributed by atoms with Crippen LogP contribution in [0.15, 0.2) is 36.4 Å². The summed E-state index contributed by atoms with van der Waals surface area (Å²) in [5, 5.41) is 2.95. The molecule has 3 amide bonds. The number of urea groups is 1. The molecule has 1 saturated heterocycles. The van der Waals surface area contributed by atoms with Crippen LogP contribution in [0, 0.1) is 20.8 Å². The normalized spacial score (nSPS) is 13.9. The molecular formula is C21H25N3O3. The second kappa shape index (κ2) is 7.70. The van der Waals surface area contributed by atoms with E-state index in [4.69, 9.17) is 4.74 Å². The molecule has 0 aromatic heterocycles. The van der Waals surface area contributed by atoms with E-state index in [0.717, 1.165) is 28.1 Å². The number of para-hydroxylation sites is 2. The maximum atomic E-state index is 12.8.